The fraction of sp³-hybridized carbons (Fsp3) is 0.541. The second-order valence-corrected chi connectivity index (χ2v) is 42.7. The fourth-order valence-corrected chi connectivity index (χ4v) is 13.9. The van der Waals surface area contributed by atoms with Crippen LogP contribution in [-0.2, 0) is 42.0 Å². The van der Waals surface area contributed by atoms with Gasteiger partial charge in [-0.25, -0.2) is 29.5 Å². The molecule has 0 bridgehead atoms. The van der Waals surface area contributed by atoms with Gasteiger partial charge in [-0.3, -0.25) is 9.59 Å². The SMILES string of the molecule is CNC.Cc1cnc(N[C@H]2C[C@@H](C(=O)N(C)C)CN(C(=O)OC(C)(C)C)C2)nc1-c1cn(COCC[Si](C)(C)C)c2cc(-c3c(C)noc3C)ccc12.Cc1cnc(N[C@H]2C[C@@H](C(=O)O)CN(C(=O)OC(C)(C)C)C2)nc1-c1cn(COCC[Si](C)(C)C)c2cc(-c3c(C)noc3C)ccc12. The van der Waals surface area contributed by atoms with Crippen LogP contribution in [0.3, 0.4) is 0 Å². The lowest BCUT2D eigenvalue weighted by atomic mass is 9.93. The second-order valence-electron chi connectivity index (χ2n) is 31.4. The number of carboxylic acids is 1. The summed E-state index contributed by atoms with van der Waals surface area (Å²) in [5, 5.41) is 29.8. The Balaban J connectivity index is 0.000000247. The van der Waals surface area contributed by atoms with E-state index in [9.17, 15) is 24.3 Å². The average molecular weight is 1430 g/mol. The van der Waals surface area contributed by atoms with Crippen LogP contribution in [-0.4, -0.2) is 190 Å². The van der Waals surface area contributed by atoms with Gasteiger partial charge in [-0.2, -0.15) is 0 Å². The Hall–Kier alpha value is -8.51. The number of piperidine rings is 2. The van der Waals surface area contributed by atoms with E-state index >= 15 is 0 Å². The fourth-order valence-electron chi connectivity index (χ4n) is 12.4. The van der Waals surface area contributed by atoms with Crippen molar-refractivity contribution >= 4 is 73.9 Å². The highest BCUT2D eigenvalue weighted by Crippen LogP contribution is 2.39. The van der Waals surface area contributed by atoms with E-state index in [4.69, 9.17) is 38.0 Å². The number of fused-ring (bicyclic) bond motifs is 2. The number of nitrogens with one attached hydrogen (secondary N) is 3. The number of ether oxygens (including phenoxy) is 4. The number of rotatable bonds is 20. The van der Waals surface area contributed by atoms with Crippen molar-refractivity contribution in [3.05, 3.63) is 95.2 Å². The van der Waals surface area contributed by atoms with E-state index in [-0.39, 0.29) is 37.0 Å². The molecule has 0 radical (unpaired) electrons. The van der Waals surface area contributed by atoms with E-state index < -0.39 is 51.4 Å². The summed E-state index contributed by atoms with van der Waals surface area (Å²) >= 11 is 0. The minimum absolute atomic E-state index is 0.0357. The van der Waals surface area contributed by atoms with Crippen LogP contribution in [0.15, 0.2) is 70.2 Å². The standard InChI is InChI=1S/C37H53N7O5Si.C35H48N6O6Si.C2H7N/c1-23-18-38-35(39-28-16-27(34(45)42(7)8)19-43(20-28)36(46)48-37(4,5)6)40-33(23)30-21-44(22-47-14-15-50(9,10)11)31-17-26(12-13-29(30)31)32-24(2)41-49-25(32)3;1-21-16-36-33(37-26-14-25(32(42)43)17-40(18-26)34(44)46-35(4,5)6)38-31(21)28-19-41(20-45-12-13-48(7,8)9)29-15-24(10-11-27(28)29)30-22(2)39-47-23(30)3;1-3-2/h12-13,17-18,21,27-28H,14-16,19-20,22H2,1-11H3,(H,38,39,40);10-11,15-16,19,25-26H,12-14,17-18,20H2,1-9H3,(H,42,43)(H,36,37,38);3H,1-2H3/t27-,28+;25-,26+;/m11./s1. The Labute approximate surface area is 596 Å². The summed E-state index contributed by atoms with van der Waals surface area (Å²) in [5.41, 5.74) is 11.6. The van der Waals surface area contributed by atoms with Crippen molar-refractivity contribution in [3.63, 3.8) is 0 Å². The number of likely N-dealkylation sites (tertiary alicyclic amines) is 2. The molecule has 4 N–H and O–H groups in total. The smallest absolute Gasteiger partial charge is 0.410 e. The maximum Gasteiger partial charge on any atom is 0.410 e. The van der Waals surface area contributed by atoms with Gasteiger partial charge in [0.2, 0.25) is 17.8 Å². The van der Waals surface area contributed by atoms with Crippen molar-refractivity contribution in [2.75, 3.05) is 78.2 Å². The second kappa shape index (κ2) is 32.6. The summed E-state index contributed by atoms with van der Waals surface area (Å²) in [7, 11) is 4.71. The van der Waals surface area contributed by atoms with Crippen LogP contribution in [0.4, 0.5) is 21.5 Å². The molecule has 3 amide bonds. The Kier molecular flexibility index (Phi) is 25.3. The number of carbonyl (C=O) groups excluding carboxylic acids is 3. The molecule has 101 heavy (non-hydrogen) atoms. The van der Waals surface area contributed by atoms with E-state index in [0.29, 0.717) is 64.5 Å². The number of carboxylic acid groups (broad SMARTS) is 1. The lowest BCUT2D eigenvalue weighted by Gasteiger charge is -2.38. The molecule has 2 aromatic carbocycles. The van der Waals surface area contributed by atoms with Gasteiger partial charge in [-0.05, 0) is 156 Å². The molecule has 0 spiro atoms. The Morgan fingerprint density at radius 2 is 0.990 bits per heavy atom. The molecule has 548 valence electrons. The number of carbonyl (C=O) groups is 4. The van der Waals surface area contributed by atoms with Gasteiger partial charge in [0.05, 0.1) is 45.6 Å². The molecule has 0 aliphatic carbocycles. The number of aryl methyl sites for hydroxylation is 6. The van der Waals surface area contributed by atoms with Crippen LogP contribution in [0.5, 0.6) is 0 Å². The van der Waals surface area contributed by atoms with Crippen molar-refractivity contribution < 1.29 is 52.3 Å². The summed E-state index contributed by atoms with van der Waals surface area (Å²) in [6, 6.07) is 14.2. The molecule has 2 aliphatic rings. The van der Waals surface area contributed by atoms with Gasteiger partial charge in [-0.1, -0.05) is 73.9 Å². The van der Waals surface area contributed by atoms with Crippen LogP contribution < -0.4 is 16.0 Å². The topological polar surface area (TPSA) is 285 Å². The van der Waals surface area contributed by atoms with Crippen LogP contribution in [0.25, 0.3) is 66.6 Å². The van der Waals surface area contributed by atoms with Gasteiger partial charge in [0.25, 0.3) is 0 Å². The molecule has 2 saturated heterocycles. The highest BCUT2D eigenvalue weighted by Gasteiger charge is 2.39. The highest BCUT2D eigenvalue weighted by atomic mass is 28.3. The van der Waals surface area contributed by atoms with Crippen LogP contribution in [0.1, 0.15) is 88.4 Å². The number of benzene rings is 2. The molecule has 8 heterocycles. The molecule has 2 aliphatic heterocycles. The number of aromatic nitrogens is 8. The van der Waals surface area contributed by atoms with Crippen molar-refractivity contribution in [2.45, 2.75) is 184 Å². The molecule has 27 heteroatoms. The first-order valence-electron chi connectivity index (χ1n) is 34.8. The van der Waals surface area contributed by atoms with Gasteiger partial charge < -0.3 is 72.9 Å². The summed E-state index contributed by atoms with van der Waals surface area (Å²) < 4.78 is 38.9. The Morgan fingerprint density at radius 3 is 1.34 bits per heavy atom. The predicted molar refractivity (Wildman–Crippen MR) is 402 cm³/mol. The monoisotopic (exact) mass is 1420 g/mol. The molecular formula is C74H108N14O11Si2. The predicted octanol–water partition coefficient (Wildman–Crippen LogP) is 14.1. The minimum atomic E-state index is -1.26. The lowest BCUT2D eigenvalue weighted by Crippen LogP contribution is -2.53. The largest absolute Gasteiger partial charge is 0.481 e. The number of hydrogen-bond donors (Lipinski definition) is 4. The van der Waals surface area contributed by atoms with Gasteiger partial charge in [-0.15, -0.1) is 0 Å². The molecule has 8 aromatic rings. The minimum Gasteiger partial charge on any atom is -0.481 e. The summed E-state index contributed by atoms with van der Waals surface area (Å²) in [6.07, 6.45) is 7.62. The maximum atomic E-state index is 13.1. The number of aliphatic carboxylic acids is 1. The van der Waals surface area contributed by atoms with Gasteiger partial charge in [0, 0.05) is 140 Å². The molecule has 0 saturated carbocycles. The number of hydrogen-bond acceptors (Lipinski definition) is 19. The summed E-state index contributed by atoms with van der Waals surface area (Å²) in [6.45, 7) is 39.8. The first-order chi connectivity index (χ1) is 47.3. The van der Waals surface area contributed by atoms with Crippen LogP contribution >= 0.6 is 0 Å². The van der Waals surface area contributed by atoms with Gasteiger partial charge in [0.15, 0.2) is 0 Å². The third-order valence-corrected chi connectivity index (χ3v) is 20.7. The molecule has 10 rings (SSSR count). The van der Waals surface area contributed by atoms with E-state index in [1.54, 1.807) is 50.9 Å². The zero-order chi connectivity index (χ0) is 74.2. The number of anilines is 2. The van der Waals surface area contributed by atoms with Crippen molar-refractivity contribution in [3.8, 4) is 44.8 Å². The first-order valence-corrected chi connectivity index (χ1v) is 42.2. The number of nitrogens with zero attached hydrogens (tertiary/aromatic N) is 11. The zero-order valence-electron chi connectivity index (χ0n) is 63.5. The van der Waals surface area contributed by atoms with Crippen molar-refractivity contribution in [1.82, 2.24) is 59.4 Å². The van der Waals surface area contributed by atoms with E-state index in [1.165, 1.54) is 4.90 Å². The van der Waals surface area contributed by atoms with E-state index in [0.717, 1.165) is 113 Å². The molecule has 4 atom stereocenters. The molecule has 6 aromatic heterocycles. The van der Waals surface area contributed by atoms with Crippen LogP contribution in [0, 0.1) is 53.4 Å². The molecular weight excluding hydrogens is 1320 g/mol. The average Bonchev–Trinajstić information content (AvgIpc) is 1.63. The Morgan fingerprint density at radius 1 is 0.604 bits per heavy atom. The maximum absolute atomic E-state index is 13.1. The Bertz CT molecular complexity index is 4170. The quantitative estimate of drug-likeness (QED) is 0.0407. The van der Waals surface area contributed by atoms with E-state index in [1.807, 2.05) is 82.6 Å². The van der Waals surface area contributed by atoms with Crippen molar-refractivity contribution in [1.29, 1.82) is 0 Å². The third kappa shape index (κ3) is 20.8. The number of amides is 3. The van der Waals surface area contributed by atoms with Crippen LogP contribution in [0.2, 0.25) is 51.4 Å². The normalized spacial score (nSPS) is 16.7. The molecule has 25 nitrogen and oxygen atoms in total. The van der Waals surface area contributed by atoms with E-state index in [2.05, 4.69) is 133 Å². The van der Waals surface area contributed by atoms with Gasteiger partial charge >= 0.3 is 18.2 Å². The first kappa shape index (κ1) is 78.2. The highest BCUT2D eigenvalue weighted by molar-refractivity contribution is 6.76. The lowest BCUT2D eigenvalue weighted by molar-refractivity contribution is -0.143. The molecule has 2 fully saturated rings. The third-order valence-electron chi connectivity index (χ3n) is 17.3. The summed E-state index contributed by atoms with van der Waals surface area (Å²) in [5.74, 6) is 0.183. The summed E-state index contributed by atoms with van der Waals surface area (Å²) in [4.78, 5) is 75.0. The molecule has 0 unspecified atom stereocenters. The van der Waals surface area contributed by atoms with Gasteiger partial charge in [0.1, 0.15) is 36.2 Å². The zero-order valence-corrected chi connectivity index (χ0v) is 65.5. The van der Waals surface area contributed by atoms with Crippen molar-refractivity contribution in [2.24, 2.45) is 11.8 Å².